The molecule has 67 heavy (non-hydrogen) atoms. The van der Waals surface area contributed by atoms with Gasteiger partial charge in [0.15, 0.2) is 6.29 Å². The molecule has 9 rings (SSSR count). The second kappa shape index (κ2) is 17.7. The van der Waals surface area contributed by atoms with E-state index >= 15 is 0 Å². The zero-order valence-electron chi connectivity index (χ0n) is 40.2. The van der Waals surface area contributed by atoms with Crippen molar-refractivity contribution in [2.75, 3.05) is 33.0 Å². The van der Waals surface area contributed by atoms with Crippen molar-refractivity contribution < 1.29 is 59.9 Å². The molecule has 16 nitrogen and oxygen atoms in total. The molecule has 1 aromatic heterocycles. The van der Waals surface area contributed by atoms with Crippen LogP contribution in [0.1, 0.15) is 123 Å². The molecule has 0 spiro atoms. The third kappa shape index (κ3) is 7.05. The highest BCUT2D eigenvalue weighted by molar-refractivity contribution is 5.82. The molecule has 8 aliphatic rings. The van der Waals surface area contributed by atoms with Crippen molar-refractivity contribution in [2.45, 2.75) is 160 Å². The first-order chi connectivity index (χ1) is 31.7. The number of aromatic nitrogens is 2. The van der Waals surface area contributed by atoms with Crippen LogP contribution < -0.4 is 11.1 Å². The zero-order valence-corrected chi connectivity index (χ0v) is 40.2. The number of hydrogen-bond acceptors (Lipinski definition) is 13. The molecule has 2 aliphatic heterocycles. The van der Waals surface area contributed by atoms with Crippen molar-refractivity contribution in [3.63, 3.8) is 0 Å². The fourth-order valence-electron chi connectivity index (χ4n) is 18.0. The number of imidazole rings is 1. The Kier molecular flexibility index (Phi) is 13.0. The molecule has 0 radical (unpaired) electrons. The van der Waals surface area contributed by atoms with E-state index in [1.54, 1.807) is 12.5 Å². The van der Waals surface area contributed by atoms with Crippen LogP contribution in [0.3, 0.4) is 0 Å². The Morgan fingerprint density at radius 2 is 1.72 bits per heavy atom. The Morgan fingerprint density at radius 3 is 2.37 bits per heavy atom. The first-order valence-corrected chi connectivity index (χ1v) is 25.5. The molecule has 5 saturated carbocycles. The van der Waals surface area contributed by atoms with Gasteiger partial charge in [-0.05, 0) is 140 Å². The van der Waals surface area contributed by atoms with Crippen molar-refractivity contribution in [2.24, 2.45) is 85.6 Å². The van der Waals surface area contributed by atoms with Gasteiger partial charge in [-0.1, -0.05) is 52.7 Å². The van der Waals surface area contributed by atoms with E-state index in [0.717, 1.165) is 31.4 Å². The third-order valence-corrected chi connectivity index (χ3v) is 21.5. The van der Waals surface area contributed by atoms with E-state index in [9.17, 15) is 50.4 Å². The van der Waals surface area contributed by atoms with Crippen molar-refractivity contribution in [3.8, 4) is 0 Å². The van der Waals surface area contributed by atoms with Gasteiger partial charge in [0.05, 0.1) is 49.7 Å². The van der Waals surface area contributed by atoms with Crippen molar-refractivity contribution in [3.05, 3.63) is 29.9 Å². The number of carbonyl (C=O) groups is 2. The predicted octanol–water partition coefficient (Wildman–Crippen LogP) is 2.83. The molecule has 6 aliphatic carbocycles. The lowest BCUT2D eigenvalue weighted by Gasteiger charge is -2.75. The maximum absolute atomic E-state index is 14.1. The van der Waals surface area contributed by atoms with Gasteiger partial charge in [-0.15, -0.1) is 0 Å². The number of aliphatic carboxylic acids is 1. The van der Waals surface area contributed by atoms with Crippen LogP contribution in [0.25, 0.3) is 0 Å². The summed E-state index contributed by atoms with van der Waals surface area (Å²) in [5, 5.41) is 94.3. The summed E-state index contributed by atoms with van der Waals surface area (Å²) in [6.45, 7) is 10.4. The molecule has 22 atom stereocenters. The Hall–Kier alpha value is -2.51. The quantitative estimate of drug-likeness (QED) is 0.100. The Morgan fingerprint density at radius 1 is 0.970 bits per heavy atom. The van der Waals surface area contributed by atoms with E-state index in [1.165, 1.54) is 5.57 Å². The number of carboxylic acid groups (broad SMARTS) is 1. The summed E-state index contributed by atoms with van der Waals surface area (Å²) in [6.07, 6.45) is 5.34. The molecule has 1 aromatic rings. The number of nitrogens with two attached hydrogens (primary N) is 1. The number of nitrogens with one attached hydrogen (secondary N) is 2. The predicted molar refractivity (Wildman–Crippen MR) is 244 cm³/mol. The van der Waals surface area contributed by atoms with Gasteiger partial charge in [-0.25, -0.2) is 4.98 Å². The normalized spacial score (nSPS) is 50.8. The van der Waals surface area contributed by atoms with Gasteiger partial charge >= 0.3 is 5.97 Å². The van der Waals surface area contributed by atoms with Crippen LogP contribution in [0.5, 0.6) is 0 Å². The van der Waals surface area contributed by atoms with Crippen LogP contribution in [-0.4, -0.2) is 139 Å². The van der Waals surface area contributed by atoms with Crippen molar-refractivity contribution in [1.29, 1.82) is 0 Å². The molecule has 7 fully saturated rings. The molecule has 12 N–H and O–H groups in total. The number of aliphatic hydroxyl groups is 7. The van der Waals surface area contributed by atoms with E-state index < -0.39 is 106 Å². The number of H-pyrrole nitrogens is 1. The highest BCUT2D eigenvalue weighted by atomic mass is 16.7. The van der Waals surface area contributed by atoms with E-state index in [4.69, 9.17) is 15.2 Å². The number of carbonyl (C=O) groups excluding carboxylic acids is 1. The van der Waals surface area contributed by atoms with Crippen LogP contribution in [0.15, 0.2) is 24.2 Å². The number of rotatable bonds is 13. The summed E-state index contributed by atoms with van der Waals surface area (Å²) in [4.78, 5) is 35.6. The number of aromatic amines is 1. The van der Waals surface area contributed by atoms with Gasteiger partial charge in [0, 0.05) is 35.9 Å². The fraction of sp³-hybridized carbons (Fsp3) is 0.863. The number of aliphatic hydroxyl groups excluding tert-OH is 7. The minimum atomic E-state index is -1.64. The number of allylic oxidation sites excluding steroid dienone is 2. The topological polar surface area (TPSA) is 281 Å². The summed E-state index contributed by atoms with van der Waals surface area (Å²) in [5.41, 5.74) is 4.05. The SMILES string of the molecule is C[C@]1(CO)C[C@H]2CCC[C@H]3C[C@]2(C(=O)O)[C@@H](C1)C1=CC[C@@H]2[C@]4(C)[C@H](CC[C@@]2(C)[C@@]13C)[C@](C)(CO)[C@H](O[C@@H]1OC[C@@H](O)[C@H](O)[C@H]1O)[C@H](O)[C@@H]4C[C@@H]1[C@@H]([C@H](CCCN)c2cnc[nH]2)NC(=O)[C@@H]1CO. The van der Waals surface area contributed by atoms with Gasteiger partial charge in [0.25, 0.3) is 0 Å². The highest BCUT2D eigenvalue weighted by Crippen LogP contribution is 2.79. The van der Waals surface area contributed by atoms with Gasteiger partial charge < -0.3 is 66.4 Å². The van der Waals surface area contributed by atoms with Crippen LogP contribution in [0.4, 0.5) is 0 Å². The fourth-order valence-corrected chi connectivity index (χ4v) is 18.0. The zero-order chi connectivity index (χ0) is 48.2. The highest BCUT2D eigenvalue weighted by Gasteiger charge is 2.76. The summed E-state index contributed by atoms with van der Waals surface area (Å²) < 4.78 is 12.5. The van der Waals surface area contributed by atoms with E-state index in [1.807, 2.05) is 6.92 Å². The number of hydrogen-bond donors (Lipinski definition) is 11. The lowest BCUT2D eigenvalue weighted by Crippen LogP contribution is -2.73. The van der Waals surface area contributed by atoms with Crippen molar-refractivity contribution in [1.82, 2.24) is 15.3 Å². The van der Waals surface area contributed by atoms with Crippen LogP contribution >= 0.6 is 0 Å². The largest absolute Gasteiger partial charge is 0.481 e. The number of fused-ring (bicyclic) bond motifs is 8. The number of amides is 1. The van der Waals surface area contributed by atoms with Crippen LogP contribution in [0.2, 0.25) is 0 Å². The van der Waals surface area contributed by atoms with Gasteiger partial charge in [0.2, 0.25) is 5.91 Å². The molecule has 376 valence electrons. The van der Waals surface area contributed by atoms with Gasteiger partial charge in [0.1, 0.15) is 18.3 Å². The number of nitrogens with zero attached hydrogens (tertiary/aromatic N) is 1. The molecule has 0 unspecified atom stereocenters. The lowest BCUT2D eigenvalue weighted by molar-refractivity contribution is -0.341. The molecule has 1 amide bonds. The van der Waals surface area contributed by atoms with Gasteiger partial charge in [-0.3, -0.25) is 9.59 Å². The Balaban J connectivity index is 1.20. The Bertz CT molecular complexity index is 2020. The van der Waals surface area contributed by atoms with Crippen LogP contribution in [-0.2, 0) is 19.1 Å². The number of ether oxygens (including phenoxy) is 2. The minimum absolute atomic E-state index is 0.00438. The second-order valence-corrected chi connectivity index (χ2v) is 24.2. The Labute approximate surface area is 394 Å². The molecular weight excluding hydrogens is 861 g/mol. The minimum Gasteiger partial charge on any atom is -0.481 e. The summed E-state index contributed by atoms with van der Waals surface area (Å²) in [7, 11) is 0. The monoisotopic (exact) mass is 941 g/mol. The lowest BCUT2D eigenvalue weighted by atomic mass is 9.30. The average molecular weight is 941 g/mol. The maximum Gasteiger partial charge on any atom is 0.310 e. The molecular formula is C51H80N4O12. The molecule has 0 aromatic carbocycles. The van der Waals surface area contributed by atoms with E-state index in [2.05, 4.69) is 49.1 Å². The third-order valence-electron chi connectivity index (χ3n) is 21.5. The first-order valence-electron chi connectivity index (χ1n) is 25.5. The first kappa shape index (κ1) is 49.5. The van der Waals surface area contributed by atoms with E-state index in [-0.39, 0.29) is 67.7 Å². The smallest absolute Gasteiger partial charge is 0.310 e. The second-order valence-electron chi connectivity index (χ2n) is 24.2. The maximum atomic E-state index is 14.1. The average Bonchev–Trinajstić information content (AvgIpc) is 3.89. The summed E-state index contributed by atoms with van der Waals surface area (Å²) in [5.74, 6) is -3.73. The summed E-state index contributed by atoms with van der Waals surface area (Å²) in [6, 6.07) is -0.463. The van der Waals surface area contributed by atoms with Crippen molar-refractivity contribution >= 4 is 11.9 Å². The summed E-state index contributed by atoms with van der Waals surface area (Å²) >= 11 is 0. The molecule has 2 bridgehead atoms. The van der Waals surface area contributed by atoms with Crippen LogP contribution in [0, 0.1) is 79.8 Å². The number of carboxylic acids is 1. The van der Waals surface area contributed by atoms with Gasteiger partial charge in [-0.2, -0.15) is 0 Å². The standard InChI is InChI=1S/C51H80N4O12/c1-46(23-57)17-27-9-6-8-26-18-51(27,45(64)65)33(19-46)31-11-12-37-48(3,50(26,31)5)14-13-36-47(2,24-58)42(67-44-41(62)40(61)35(59)22-66-44)39(60)32(49(36,37)4)16-29-30(21-56)43(63)55-38(29)28(10-7-15-52)34-20-53-25-54-34/h11,20,25-30,32-33,35-42,44,56-62H,6-10,12-19,21-24,52H2,1-5H3,(H,53,54)(H,55,63)(H,64,65)/t26-,27+,28+,29-,30+,32-,33-,35+,36+,37-,38+,39+,40-,41+,42+,44-,46-,47-,48+,49-,50+,51+/m0/s1. The molecule has 3 heterocycles. The molecule has 16 heteroatoms. The molecule has 2 saturated heterocycles. The van der Waals surface area contributed by atoms with E-state index in [0.29, 0.717) is 51.5 Å².